The average Bonchev–Trinajstić information content (AvgIpc) is 2.43. The summed E-state index contributed by atoms with van der Waals surface area (Å²) < 4.78 is 4.82. The van der Waals surface area contributed by atoms with Gasteiger partial charge in [0.2, 0.25) is 0 Å². The maximum atomic E-state index is 11.5. The van der Waals surface area contributed by atoms with E-state index in [1.54, 1.807) is 0 Å². The molecule has 1 N–H and O–H groups in total. The highest BCUT2D eigenvalue weighted by atomic mass is 16.5. The Morgan fingerprint density at radius 3 is 2.47 bits per heavy atom. The van der Waals surface area contributed by atoms with Gasteiger partial charge >= 0.3 is 5.97 Å². The molecule has 0 saturated heterocycles. The lowest BCUT2D eigenvalue weighted by molar-refractivity contribution is -0.145. The zero-order valence-electron chi connectivity index (χ0n) is 13.1. The highest BCUT2D eigenvalue weighted by Gasteiger charge is 2.30. The lowest BCUT2D eigenvalue weighted by Crippen LogP contribution is -2.39. The van der Waals surface area contributed by atoms with Crippen LogP contribution in [0.3, 0.4) is 0 Å². The van der Waals surface area contributed by atoms with E-state index in [4.69, 9.17) is 4.74 Å². The number of methoxy groups -OCH3 is 1. The third kappa shape index (κ3) is 5.13. The van der Waals surface area contributed by atoms with Gasteiger partial charge in [-0.15, -0.1) is 0 Å². The SMILES string of the molecule is CCC(CNCC(C)(C)C1CCCCC1)C(=O)OC. The van der Waals surface area contributed by atoms with Gasteiger partial charge in [0.15, 0.2) is 0 Å². The molecule has 1 atom stereocenters. The molecule has 1 rings (SSSR count). The number of esters is 1. The second kappa shape index (κ2) is 7.88. The second-order valence-electron chi connectivity index (χ2n) is 6.58. The van der Waals surface area contributed by atoms with Crippen LogP contribution < -0.4 is 5.32 Å². The van der Waals surface area contributed by atoms with Crippen LogP contribution in [0.1, 0.15) is 59.3 Å². The number of hydrogen-bond acceptors (Lipinski definition) is 3. The van der Waals surface area contributed by atoms with Gasteiger partial charge in [-0.25, -0.2) is 0 Å². The third-order valence-corrected chi connectivity index (χ3v) is 4.71. The number of ether oxygens (including phenoxy) is 1. The van der Waals surface area contributed by atoms with Gasteiger partial charge < -0.3 is 10.1 Å². The van der Waals surface area contributed by atoms with Crippen molar-refractivity contribution in [3.05, 3.63) is 0 Å². The smallest absolute Gasteiger partial charge is 0.309 e. The number of nitrogens with one attached hydrogen (secondary N) is 1. The standard InChI is InChI=1S/C16H31NO2/c1-5-13(15(18)19-4)11-17-12-16(2,3)14-9-7-6-8-10-14/h13-14,17H,5-12H2,1-4H3. The van der Waals surface area contributed by atoms with E-state index in [1.165, 1.54) is 39.2 Å². The molecule has 1 aliphatic carbocycles. The lowest BCUT2D eigenvalue weighted by atomic mass is 9.71. The Bertz CT molecular complexity index is 270. The Morgan fingerprint density at radius 1 is 1.32 bits per heavy atom. The van der Waals surface area contributed by atoms with Crippen molar-refractivity contribution in [1.29, 1.82) is 0 Å². The molecule has 0 aromatic heterocycles. The van der Waals surface area contributed by atoms with Gasteiger partial charge in [-0.2, -0.15) is 0 Å². The van der Waals surface area contributed by atoms with Crippen molar-refractivity contribution in [2.24, 2.45) is 17.3 Å². The number of rotatable bonds is 7. The first-order valence-corrected chi connectivity index (χ1v) is 7.79. The Labute approximate surface area is 118 Å². The Morgan fingerprint density at radius 2 is 1.95 bits per heavy atom. The summed E-state index contributed by atoms with van der Waals surface area (Å²) in [6, 6.07) is 0. The van der Waals surface area contributed by atoms with Gasteiger partial charge in [0, 0.05) is 13.1 Å². The van der Waals surface area contributed by atoms with Gasteiger partial charge in [-0.1, -0.05) is 40.0 Å². The Balaban J connectivity index is 2.35. The first kappa shape index (κ1) is 16.5. The third-order valence-electron chi connectivity index (χ3n) is 4.71. The predicted octanol–water partition coefficient (Wildman–Crippen LogP) is 3.38. The molecule has 0 bridgehead atoms. The quantitative estimate of drug-likeness (QED) is 0.720. The summed E-state index contributed by atoms with van der Waals surface area (Å²) >= 11 is 0. The van der Waals surface area contributed by atoms with E-state index in [1.807, 2.05) is 6.92 Å². The predicted molar refractivity (Wildman–Crippen MR) is 79.0 cm³/mol. The lowest BCUT2D eigenvalue weighted by Gasteiger charge is -2.37. The second-order valence-corrected chi connectivity index (χ2v) is 6.58. The van der Waals surface area contributed by atoms with Gasteiger partial charge in [0.1, 0.15) is 0 Å². The van der Waals surface area contributed by atoms with Crippen LogP contribution in [0.2, 0.25) is 0 Å². The molecule has 19 heavy (non-hydrogen) atoms. The van der Waals surface area contributed by atoms with E-state index in [0.29, 0.717) is 5.41 Å². The number of hydrogen-bond donors (Lipinski definition) is 1. The summed E-state index contributed by atoms with van der Waals surface area (Å²) in [7, 11) is 1.47. The fourth-order valence-electron chi connectivity index (χ4n) is 3.16. The van der Waals surface area contributed by atoms with Crippen LogP contribution in [0.4, 0.5) is 0 Å². The summed E-state index contributed by atoms with van der Waals surface area (Å²) in [6.45, 7) is 8.48. The van der Waals surface area contributed by atoms with Gasteiger partial charge in [-0.05, 0) is 30.6 Å². The summed E-state index contributed by atoms with van der Waals surface area (Å²) in [5.74, 6) is 0.726. The Hall–Kier alpha value is -0.570. The molecule has 3 nitrogen and oxygen atoms in total. The molecular weight excluding hydrogens is 238 g/mol. The van der Waals surface area contributed by atoms with Gasteiger partial charge in [0.05, 0.1) is 13.0 Å². The van der Waals surface area contributed by atoms with E-state index < -0.39 is 0 Å². The molecule has 1 fully saturated rings. The maximum Gasteiger partial charge on any atom is 0.309 e. The van der Waals surface area contributed by atoms with Crippen LogP contribution >= 0.6 is 0 Å². The maximum absolute atomic E-state index is 11.5. The van der Waals surface area contributed by atoms with Crippen molar-refractivity contribution < 1.29 is 9.53 Å². The first-order chi connectivity index (χ1) is 9.01. The summed E-state index contributed by atoms with van der Waals surface area (Å²) in [6.07, 6.45) is 7.73. The van der Waals surface area contributed by atoms with Crippen molar-refractivity contribution in [2.45, 2.75) is 59.3 Å². The zero-order valence-corrected chi connectivity index (χ0v) is 13.1. The fourth-order valence-corrected chi connectivity index (χ4v) is 3.16. The molecule has 112 valence electrons. The summed E-state index contributed by atoms with van der Waals surface area (Å²) in [5.41, 5.74) is 0.328. The van der Waals surface area contributed by atoms with Gasteiger partial charge in [-0.3, -0.25) is 4.79 Å². The van der Waals surface area contributed by atoms with Crippen molar-refractivity contribution in [3.63, 3.8) is 0 Å². The minimum atomic E-state index is -0.0922. The minimum Gasteiger partial charge on any atom is -0.469 e. The van der Waals surface area contributed by atoms with Crippen LogP contribution in [0.5, 0.6) is 0 Å². The monoisotopic (exact) mass is 269 g/mol. The van der Waals surface area contributed by atoms with Crippen LogP contribution in [0.25, 0.3) is 0 Å². The van der Waals surface area contributed by atoms with Crippen molar-refractivity contribution in [2.75, 3.05) is 20.2 Å². The van der Waals surface area contributed by atoms with Crippen LogP contribution in [-0.4, -0.2) is 26.2 Å². The van der Waals surface area contributed by atoms with E-state index in [2.05, 4.69) is 19.2 Å². The van der Waals surface area contributed by atoms with Crippen molar-refractivity contribution in [1.82, 2.24) is 5.32 Å². The molecule has 1 unspecified atom stereocenters. The average molecular weight is 269 g/mol. The summed E-state index contributed by atoms with van der Waals surface area (Å²) in [4.78, 5) is 11.5. The molecule has 0 radical (unpaired) electrons. The van der Waals surface area contributed by atoms with Crippen LogP contribution in [-0.2, 0) is 9.53 Å². The van der Waals surface area contributed by atoms with Gasteiger partial charge in [0.25, 0.3) is 0 Å². The van der Waals surface area contributed by atoms with Crippen molar-refractivity contribution >= 4 is 5.97 Å². The zero-order chi connectivity index (χ0) is 14.3. The van der Waals surface area contributed by atoms with E-state index >= 15 is 0 Å². The molecule has 0 spiro atoms. The molecular formula is C16H31NO2. The highest BCUT2D eigenvalue weighted by Crippen LogP contribution is 2.37. The molecule has 3 heteroatoms. The topological polar surface area (TPSA) is 38.3 Å². The van der Waals surface area contributed by atoms with Crippen LogP contribution in [0.15, 0.2) is 0 Å². The molecule has 0 heterocycles. The fraction of sp³-hybridized carbons (Fsp3) is 0.938. The molecule has 1 aliphatic rings. The molecule has 0 aromatic carbocycles. The molecule has 0 amide bonds. The summed E-state index contributed by atoms with van der Waals surface area (Å²) in [5, 5.41) is 3.49. The minimum absolute atomic E-state index is 0.00726. The number of carbonyl (C=O) groups excluding carboxylic acids is 1. The molecule has 0 aromatic rings. The number of carbonyl (C=O) groups is 1. The Kier molecular flexibility index (Phi) is 6.84. The first-order valence-electron chi connectivity index (χ1n) is 7.79. The largest absolute Gasteiger partial charge is 0.469 e. The van der Waals surface area contributed by atoms with Crippen molar-refractivity contribution in [3.8, 4) is 0 Å². The van der Waals surface area contributed by atoms with E-state index in [-0.39, 0.29) is 11.9 Å². The molecule has 1 saturated carbocycles. The van der Waals surface area contributed by atoms with Crippen LogP contribution in [0, 0.1) is 17.3 Å². The van der Waals surface area contributed by atoms with E-state index in [9.17, 15) is 4.79 Å². The van der Waals surface area contributed by atoms with E-state index in [0.717, 1.165) is 25.4 Å². The normalized spacial score (nSPS) is 19.2. The highest BCUT2D eigenvalue weighted by molar-refractivity contribution is 5.72. The molecule has 0 aliphatic heterocycles.